The maximum Gasteiger partial charge on any atom is 0.259 e. The van der Waals surface area contributed by atoms with Crippen molar-refractivity contribution in [3.8, 4) is 0 Å². The van der Waals surface area contributed by atoms with E-state index in [1.807, 2.05) is 18.0 Å². The van der Waals surface area contributed by atoms with E-state index in [1.54, 1.807) is 6.92 Å². The molecule has 1 spiro atoms. The number of rotatable bonds is 2. The first-order valence-electron chi connectivity index (χ1n) is 8.56. The Balaban J connectivity index is 1.53. The minimum Gasteiger partial charge on any atom is -0.368 e. The number of nitrogens with zero attached hydrogens (tertiary/aromatic N) is 3. The molecule has 1 fully saturated rings. The van der Waals surface area contributed by atoms with E-state index in [4.69, 9.17) is 9.26 Å². The molecule has 1 N–H and O–H groups in total. The van der Waals surface area contributed by atoms with Crippen molar-refractivity contribution in [3.63, 3.8) is 0 Å². The summed E-state index contributed by atoms with van der Waals surface area (Å²) in [6.45, 7) is 5.81. The summed E-state index contributed by atoms with van der Waals surface area (Å²) in [5.41, 5.74) is 3.38. The zero-order valence-corrected chi connectivity index (χ0v) is 14.1. The molecule has 2 aromatic heterocycles. The van der Waals surface area contributed by atoms with E-state index in [1.165, 1.54) is 5.56 Å². The fourth-order valence-corrected chi connectivity index (χ4v) is 3.88. The summed E-state index contributed by atoms with van der Waals surface area (Å²) in [5.74, 6) is 0.614. The van der Waals surface area contributed by atoms with Gasteiger partial charge in [-0.25, -0.2) is 0 Å². The lowest BCUT2D eigenvalue weighted by Gasteiger charge is -2.43. The van der Waals surface area contributed by atoms with Gasteiger partial charge in [0, 0.05) is 13.1 Å². The predicted octanol–water partition coefficient (Wildman–Crippen LogP) is 1.97. The molecule has 7 nitrogen and oxygen atoms in total. The molecule has 1 saturated heterocycles. The van der Waals surface area contributed by atoms with Crippen LogP contribution in [0.5, 0.6) is 0 Å². The predicted molar refractivity (Wildman–Crippen MR) is 85.7 cm³/mol. The summed E-state index contributed by atoms with van der Waals surface area (Å²) < 4.78 is 11.3. The first-order valence-corrected chi connectivity index (χ1v) is 8.56. The van der Waals surface area contributed by atoms with E-state index in [-0.39, 0.29) is 11.5 Å². The summed E-state index contributed by atoms with van der Waals surface area (Å²) in [6.07, 6.45) is 5.04. The van der Waals surface area contributed by atoms with Gasteiger partial charge < -0.3 is 14.2 Å². The smallest absolute Gasteiger partial charge is 0.259 e. The van der Waals surface area contributed by atoms with Crippen molar-refractivity contribution in [2.24, 2.45) is 0 Å². The van der Waals surface area contributed by atoms with E-state index in [0.29, 0.717) is 37.4 Å². The molecule has 2 aliphatic rings. The highest BCUT2D eigenvalue weighted by Crippen LogP contribution is 2.40. The van der Waals surface area contributed by atoms with Gasteiger partial charge in [-0.3, -0.25) is 9.89 Å². The number of fused-ring (bicyclic) bond motifs is 2. The maximum atomic E-state index is 12.9. The molecule has 0 aliphatic carbocycles. The van der Waals surface area contributed by atoms with Gasteiger partial charge >= 0.3 is 0 Å². The summed E-state index contributed by atoms with van der Waals surface area (Å²) >= 11 is 0. The van der Waals surface area contributed by atoms with Gasteiger partial charge in [-0.05, 0) is 38.2 Å². The molecular weight excluding hydrogens is 308 g/mol. The average Bonchev–Trinajstić information content (AvgIpc) is 3.22. The van der Waals surface area contributed by atoms with Crippen LogP contribution < -0.4 is 0 Å². The van der Waals surface area contributed by atoms with Gasteiger partial charge in [0.25, 0.3) is 5.91 Å². The number of hydrogen-bond donors (Lipinski definition) is 1. The number of aryl methyl sites for hydroxylation is 2. The molecule has 0 bridgehead atoms. The minimum absolute atomic E-state index is 0.0149. The van der Waals surface area contributed by atoms with Crippen LogP contribution in [0.1, 0.15) is 52.8 Å². The highest BCUT2D eigenvalue weighted by Gasteiger charge is 2.43. The quantitative estimate of drug-likeness (QED) is 0.910. The Labute approximate surface area is 140 Å². The van der Waals surface area contributed by atoms with Gasteiger partial charge in [0.2, 0.25) is 0 Å². The average molecular weight is 330 g/mol. The van der Waals surface area contributed by atoms with E-state index in [0.717, 1.165) is 30.7 Å². The largest absolute Gasteiger partial charge is 0.368 e. The van der Waals surface area contributed by atoms with Crippen LogP contribution in [0.2, 0.25) is 0 Å². The first kappa shape index (κ1) is 15.4. The standard InChI is InChI=1S/C17H22N4O3/c1-3-13-14(11(2)24-20-13)16(22)21-7-5-17(6-8-21)15-12(4-9-23-17)10-18-19-15/h10H,3-9H2,1-2H3,(H,18,19). The van der Waals surface area contributed by atoms with Gasteiger partial charge in [0.1, 0.15) is 16.9 Å². The topological polar surface area (TPSA) is 84.2 Å². The number of aromatic nitrogens is 3. The second kappa shape index (κ2) is 5.73. The van der Waals surface area contributed by atoms with Crippen LogP contribution in [0.15, 0.2) is 10.7 Å². The second-order valence-corrected chi connectivity index (χ2v) is 6.57. The van der Waals surface area contributed by atoms with Crippen LogP contribution in [0.3, 0.4) is 0 Å². The molecule has 128 valence electrons. The Morgan fingerprint density at radius 3 is 2.96 bits per heavy atom. The van der Waals surface area contributed by atoms with Gasteiger partial charge in [-0.2, -0.15) is 5.10 Å². The highest BCUT2D eigenvalue weighted by molar-refractivity contribution is 5.96. The Kier molecular flexibility index (Phi) is 3.68. The van der Waals surface area contributed by atoms with Crippen molar-refractivity contribution in [2.45, 2.75) is 45.1 Å². The van der Waals surface area contributed by atoms with Crippen molar-refractivity contribution in [3.05, 3.63) is 34.5 Å². The maximum absolute atomic E-state index is 12.9. The number of carbonyl (C=O) groups is 1. The van der Waals surface area contributed by atoms with Crippen LogP contribution >= 0.6 is 0 Å². The lowest BCUT2D eigenvalue weighted by molar-refractivity contribution is -0.0962. The molecule has 24 heavy (non-hydrogen) atoms. The van der Waals surface area contributed by atoms with Crippen molar-refractivity contribution in [2.75, 3.05) is 19.7 Å². The third-order valence-corrected chi connectivity index (χ3v) is 5.26. The number of ether oxygens (including phenoxy) is 1. The molecule has 4 rings (SSSR count). The molecular formula is C17H22N4O3. The molecule has 0 saturated carbocycles. The zero-order valence-electron chi connectivity index (χ0n) is 14.1. The van der Waals surface area contributed by atoms with Crippen LogP contribution in [-0.4, -0.2) is 45.9 Å². The fourth-order valence-electron chi connectivity index (χ4n) is 3.88. The molecule has 2 aliphatic heterocycles. The second-order valence-electron chi connectivity index (χ2n) is 6.57. The Morgan fingerprint density at radius 2 is 2.21 bits per heavy atom. The third kappa shape index (κ3) is 2.26. The van der Waals surface area contributed by atoms with E-state index in [2.05, 4.69) is 15.4 Å². The lowest BCUT2D eigenvalue weighted by Crippen LogP contribution is -2.48. The van der Waals surface area contributed by atoms with Gasteiger partial charge in [0.05, 0.1) is 24.2 Å². The normalized spacial score (nSPS) is 19.5. The molecule has 0 atom stereocenters. The minimum atomic E-state index is -0.321. The molecule has 0 aromatic carbocycles. The molecule has 4 heterocycles. The van der Waals surface area contributed by atoms with E-state index < -0.39 is 0 Å². The van der Waals surface area contributed by atoms with Gasteiger partial charge in [-0.15, -0.1) is 0 Å². The number of H-pyrrole nitrogens is 1. The van der Waals surface area contributed by atoms with Crippen molar-refractivity contribution in [1.82, 2.24) is 20.3 Å². The SMILES string of the molecule is CCc1noc(C)c1C(=O)N1CCC2(CC1)OCCc1cn[nH]c12. The number of likely N-dealkylation sites (tertiary alicyclic amines) is 1. The first-order chi connectivity index (χ1) is 11.6. The number of nitrogens with one attached hydrogen (secondary N) is 1. The molecule has 1 amide bonds. The molecule has 7 heteroatoms. The number of aromatic amines is 1. The van der Waals surface area contributed by atoms with E-state index >= 15 is 0 Å². The van der Waals surface area contributed by atoms with Gasteiger partial charge in [-0.1, -0.05) is 12.1 Å². The number of carbonyl (C=O) groups excluding carboxylic acids is 1. The summed E-state index contributed by atoms with van der Waals surface area (Å²) in [4.78, 5) is 14.8. The van der Waals surface area contributed by atoms with Crippen molar-refractivity contribution < 1.29 is 14.1 Å². The fraction of sp³-hybridized carbons (Fsp3) is 0.588. The monoisotopic (exact) mass is 330 g/mol. The van der Waals surface area contributed by atoms with Crippen LogP contribution in [0.4, 0.5) is 0 Å². The summed E-state index contributed by atoms with van der Waals surface area (Å²) in [6, 6.07) is 0. The van der Waals surface area contributed by atoms with Gasteiger partial charge in [0.15, 0.2) is 0 Å². The van der Waals surface area contributed by atoms with Crippen LogP contribution in [-0.2, 0) is 23.2 Å². The summed E-state index contributed by atoms with van der Waals surface area (Å²) in [5, 5.41) is 11.3. The van der Waals surface area contributed by atoms with E-state index in [9.17, 15) is 4.79 Å². The zero-order chi connectivity index (χ0) is 16.7. The Bertz CT molecular complexity index is 756. The van der Waals surface area contributed by atoms with Crippen LogP contribution in [0.25, 0.3) is 0 Å². The Morgan fingerprint density at radius 1 is 1.42 bits per heavy atom. The number of hydrogen-bond acceptors (Lipinski definition) is 5. The molecule has 2 aromatic rings. The third-order valence-electron chi connectivity index (χ3n) is 5.26. The number of piperidine rings is 1. The molecule has 0 unspecified atom stereocenters. The van der Waals surface area contributed by atoms with Crippen molar-refractivity contribution in [1.29, 1.82) is 0 Å². The molecule has 0 radical (unpaired) electrons. The Hall–Kier alpha value is -2.15. The van der Waals surface area contributed by atoms with Crippen LogP contribution in [0, 0.1) is 6.92 Å². The van der Waals surface area contributed by atoms with Crippen molar-refractivity contribution >= 4 is 5.91 Å². The number of amides is 1. The highest BCUT2D eigenvalue weighted by atomic mass is 16.5. The lowest BCUT2D eigenvalue weighted by atomic mass is 9.83. The summed E-state index contributed by atoms with van der Waals surface area (Å²) in [7, 11) is 0.